The van der Waals surface area contributed by atoms with Crippen LogP contribution in [0.2, 0.25) is 0 Å². The molecule has 0 spiro atoms. The van der Waals surface area contributed by atoms with Gasteiger partial charge in [-0.05, 0) is 25.0 Å². The molecule has 0 aromatic heterocycles. The molecule has 1 amide bonds. The Balaban J connectivity index is 2.50. The number of nitrogens with one attached hydrogen (secondary N) is 1. The fourth-order valence-electron chi connectivity index (χ4n) is 1.68. The summed E-state index contributed by atoms with van der Waals surface area (Å²) in [5.41, 5.74) is 0.902. The van der Waals surface area contributed by atoms with E-state index in [2.05, 4.69) is 5.32 Å². The van der Waals surface area contributed by atoms with Crippen molar-refractivity contribution in [3.8, 4) is 11.5 Å². The van der Waals surface area contributed by atoms with Gasteiger partial charge in [-0.1, -0.05) is 0 Å². The summed E-state index contributed by atoms with van der Waals surface area (Å²) < 4.78 is 10.4. The van der Waals surface area contributed by atoms with Gasteiger partial charge in [0.05, 0.1) is 14.2 Å². The number of aliphatic hydroxyl groups is 1. The maximum atomic E-state index is 11.6. The number of carbonyl (C=O) groups excluding carboxylic acids is 1. The van der Waals surface area contributed by atoms with Gasteiger partial charge in [0.15, 0.2) is 0 Å². The van der Waals surface area contributed by atoms with Gasteiger partial charge >= 0.3 is 0 Å². The average Bonchev–Trinajstić information content (AvgIpc) is 2.45. The summed E-state index contributed by atoms with van der Waals surface area (Å²) in [6, 6.07) is 5.48. The zero-order chi connectivity index (χ0) is 14.1. The molecule has 0 aliphatic heterocycles. The van der Waals surface area contributed by atoms with Gasteiger partial charge in [-0.15, -0.1) is 0 Å². The number of hydrogen-bond donors (Lipinski definition) is 2. The van der Waals surface area contributed by atoms with Crippen molar-refractivity contribution in [3.05, 3.63) is 23.8 Å². The average molecular weight is 267 g/mol. The van der Waals surface area contributed by atoms with Crippen LogP contribution in [-0.2, 0) is 11.3 Å². The summed E-state index contributed by atoms with van der Waals surface area (Å²) in [6.45, 7) is 0.546. The van der Waals surface area contributed by atoms with E-state index in [9.17, 15) is 4.79 Å². The highest BCUT2D eigenvalue weighted by molar-refractivity contribution is 5.75. The monoisotopic (exact) mass is 267 g/mol. The van der Waals surface area contributed by atoms with E-state index in [1.54, 1.807) is 20.3 Å². The lowest BCUT2D eigenvalue weighted by Gasteiger charge is -2.11. The molecule has 0 fully saturated rings. The molecule has 0 radical (unpaired) electrons. The third-order valence-electron chi connectivity index (χ3n) is 2.78. The van der Waals surface area contributed by atoms with Gasteiger partial charge in [-0.2, -0.15) is 0 Å². The highest BCUT2D eigenvalue weighted by atomic mass is 16.5. The number of rotatable bonds is 8. The Hall–Kier alpha value is -1.75. The van der Waals surface area contributed by atoms with Crippen LogP contribution in [0.1, 0.15) is 24.8 Å². The molecule has 1 aromatic rings. The fourth-order valence-corrected chi connectivity index (χ4v) is 1.68. The summed E-state index contributed by atoms with van der Waals surface area (Å²) in [6.07, 6.45) is 1.78. The molecular weight excluding hydrogens is 246 g/mol. The van der Waals surface area contributed by atoms with Gasteiger partial charge in [0.1, 0.15) is 11.5 Å². The lowest BCUT2D eigenvalue weighted by molar-refractivity contribution is -0.121. The first-order valence-corrected chi connectivity index (χ1v) is 6.29. The summed E-state index contributed by atoms with van der Waals surface area (Å²) in [5, 5.41) is 11.5. The van der Waals surface area contributed by atoms with Gasteiger partial charge in [0.25, 0.3) is 0 Å². The molecule has 5 heteroatoms. The Bertz CT molecular complexity index is 406. The number of hydrogen-bond acceptors (Lipinski definition) is 4. The number of carbonyl (C=O) groups is 1. The lowest BCUT2D eigenvalue weighted by atomic mass is 10.2. The van der Waals surface area contributed by atoms with Crippen LogP contribution in [-0.4, -0.2) is 31.8 Å². The van der Waals surface area contributed by atoms with Gasteiger partial charge in [-0.3, -0.25) is 4.79 Å². The second-order valence-electron chi connectivity index (χ2n) is 4.14. The van der Waals surface area contributed by atoms with E-state index in [0.29, 0.717) is 31.6 Å². The number of benzene rings is 1. The van der Waals surface area contributed by atoms with Crippen molar-refractivity contribution in [2.45, 2.75) is 25.8 Å². The number of methoxy groups -OCH3 is 2. The van der Waals surface area contributed by atoms with Crippen LogP contribution in [0.3, 0.4) is 0 Å². The van der Waals surface area contributed by atoms with Crippen molar-refractivity contribution >= 4 is 5.91 Å². The Morgan fingerprint density at radius 2 is 2.05 bits per heavy atom. The zero-order valence-corrected chi connectivity index (χ0v) is 11.4. The van der Waals surface area contributed by atoms with Crippen molar-refractivity contribution in [2.75, 3.05) is 20.8 Å². The Kier molecular flexibility index (Phi) is 6.74. The second kappa shape index (κ2) is 8.37. The maximum Gasteiger partial charge on any atom is 0.220 e. The van der Waals surface area contributed by atoms with Crippen molar-refractivity contribution in [2.24, 2.45) is 0 Å². The lowest BCUT2D eigenvalue weighted by Crippen LogP contribution is -2.22. The molecule has 19 heavy (non-hydrogen) atoms. The first-order chi connectivity index (χ1) is 9.21. The molecule has 0 saturated heterocycles. The van der Waals surface area contributed by atoms with Gasteiger partial charge in [0.2, 0.25) is 5.91 Å². The van der Waals surface area contributed by atoms with Crippen molar-refractivity contribution in [3.63, 3.8) is 0 Å². The number of aliphatic hydroxyl groups excluding tert-OH is 1. The van der Waals surface area contributed by atoms with E-state index in [1.807, 2.05) is 12.1 Å². The van der Waals surface area contributed by atoms with Gasteiger partial charge < -0.3 is 19.9 Å². The Morgan fingerprint density at radius 3 is 2.68 bits per heavy atom. The van der Waals surface area contributed by atoms with Crippen molar-refractivity contribution in [1.29, 1.82) is 0 Å². The standard InChI is InChI=1S/C14H21NO4/c1-18-12-7-6-11(13(9-12)19-2)10-15-14(17)5-3-4-8-16/h6-7,9,16H,3-5,8,10H2,1-2H3,(H,15,17). The van der Waals surface area contributed by atoms with E-state index in [1.165, 1.54) is 0 Å². The zero-order valence-electron chi connectivity index (χ0n) is 11.4. The van der Waals surface area contributed by atoms with E-state index >= 15 is 0 Å². The molecule has 0 aliphatic carbocycles. The van der Waals surface area contributed by atoms with E-state index in [-0.39, 0.29) is 12.5 Å². The van der Waals surface area contributed by atoms with Crippen LogP contribution >= 0.6 is 0 Å². The molecule has 0 saturated carbocycles. The summed E-state index contributed by atoms with van der Waals surface area (Å²) in [5.74, 6) is 1.39. The molecule has 106 valence electrons. The van der Waals surface area contributed by atoms with E-state index in [4.69, 9.17) is 14.6 Å². The maximum absolute atomic E-state index is 11.6. The quantitative estimate of drug-likeness (QED) is 0.700. The van der Waals surface area contributed by atoms with Crippen LogP contribution in [0.5, 0.6) is 11.5 Å². The van der Waals surface area contributed by atoms with Gasteiger partial charge in [-0.25, -0.2) is 0 Å². The smallest absolute Gasteiger partial charge is 0.220 e. The summed E-state index contributed by atoms with van der Waals surface area (Å²) in [7, 11) is 3.18. The molecule has 1 rings (SSSR count). The second-order valence-corrected chi connectivity index (χ2v) is 4.14. The molecule has 2 N–H and O–H groups in total. The molecule has 1 aromatic carbocycles. The first-order valence-electron chi connectivity index (χ1n) is 6.29. The molecular formula is C14H21NO4. The predicted molar refractivity (Wildman–Crippen MR) is 72.3 cm³/mol. The minimum Gasteiger partial charge on any atom is -0.497 e. The van der Waals surface area contributed by atoms with Crippen molar-refractivity contribution < 1.29 is 19.4 Å². The SMILES string of the molecule is COc1ccc(CNC(=O)CCCCO)c(OC)c1. The van der Waals surface area contributed by atoms with Crippen LogP contribution in [0.4, 0.5) is 0 Å². The number of unbranched alkanes of at least 4 members (excludes halogenated alkanes) is 1. The first kappa shape index (κ1) is 15.3. The third kappa shape index (κ3) is 5.18. The van der Waals surface area contributed by atoms with Crippen LogP contribution in [0.25, 0.3) is 0 Å². The van der Waals surface area contributed by atoms with E-state index in [0.717, 1.165) is 11.3 Å². The number of ether oxygens (including phenoxy) is 2. The van der Waals surface area contributed by atoms with Crippen LogP contribution in [0, 0.1) is 0 Å². The van der Waals surface area contributed by atoms with Crippen LogP contribution in [0.15, 0.2) is 18.2 Å². The largest absolute Gasteiger partial charge is 0.497 e. The highest BCUT2D eigenvalue weighted by Gasteiger charge is 2.07. The molecule has 0 bridgehead atoms. The van der Waals surface area contributed by atoms with Crippen LogP contribution < -0.4 is 14.8 Å². The highest BCUT2D eigenvalue weighted by Crippen LogP contribution is 2.24. The molecule has 0 unspecified atom stereocenters. The van der Waals surface area contributed by atoms with E-state index < -0.39 is 0 Å². The minimum absolute atomic E-state index is 0.0219. The fraction of sp³-hybridized carbons (Fsp3) is 0.500. The predicted octanol–water partition coefficient (Wildman–Crippen LogP) is 1.48. The normalized spacial score (nSPS) is 10.1. The molecule has 0 atom stereocenters. The third-order valence-corrected chi connectivity index (χ3v) is 2.78. The molecule has 0 heterocycles. The molecule has 0 aliphatic rings. The molecule has 5 nitrogen and oxygen atoms in total. The summed E-state index contributed by atoms with van der Waals surface area (Å²) in [4.78, 5) is 11.6. The number of amides is 1. The Morgan fingerprint density at radius 1 is 1.26 bits per heavy atom. The summed E-state index contributed by atoms with van der Waals surface area (Å²) >= 11 is 0. The van der Waals surface area contributed by atoms with Crippen molar-refractivity contribution in [1.82, 2.24) is 5.32 Å². The minimum atomic E-state index is -0.0219. The Labute approximate surface area is 113 Å². The van der Waals surface area contributed by atoms with Gasteiger partial charge in [0, 0.05) is 31.2 Å². The topological polar surface area (TPSA) is 67.8 Å².